The molecule has 3 rings (SSSR count). The van der Waals surface area contributed by atoms with E-state index in [4.69, 9.17) is 9.47 Å². The lowest BCUT2D eigenvalue weighted by molar-refractivity contribution is -0.116. The van der Waals surface area contributed by atoms with Gasteiger partial charge in [-0.15, -0.1) is 11.3 Å². The molecule has 2 aromatic heterocycles. The molecule has 0 aliphatic carbocycles. The number of nitrogens with one attached hydrogen (secondary N) is 1. The van der Waals surface area contributed by atoms with Crippen molar-refractivity contribution in [3.8, 4) is 11.5 Å². The van der Waals surface area contributed by atoms with Gasteiger partial charge in [0, 0.05) is 24.4 Å². The number of carbonyl (C=O) groups excluding carboxylic acids is 1. The van der Waals surface area contributed by atoms with Crippen LogP contribution in [0, 0.1) is 6.92 Å². The van der Waals surface area contributed by atoms with Crippen molar-refractivity contribution in [3.63, 3.8) is 0 Å². The van der Waals surface area contributed by atoms with Gasteiger partial charge in [0.05, 0.1) is 37.1 Å². The van der Waals surface area contributed by atoms with Crippen LogP contribution in [0.3, 0.4) is 0 Å². The molecule has 0 unspecified atom stereocenters. The second kappa shape index (κ2) is 7.52. The number of ether oxygens (including phenoxy) is 2. The Balaban J connectivity index is 1.78. The molecule has 0 saturated heterocycles. The molecule has 1 N–H and O–H groups in total. The van der Waals surface area contributed by atoms with E-state index in [1.54, 1.807) is 12.1 Å². The second-order valence-electron chi connectivity index (χ2n) is 5.56. The molecule has 0 bridgehead atoms. The van der Waals surface area contributed by atoms with E-state index in [2.05, 4.69) is 15.3 Å². The van der Waals surface area contributed by atoms with E-state index in [1.165, 1.54) is 36.5 Å². The van der Waals surface area contributed by atoms with Crippen molar-refractivity contribution < 1.29 is 14.3 Å². The van der Waals surface area contributed by atoms with E-state index in [9.17, 15) is 9.59 Å². The Kier molecular flexibility index (Phi) is 5.17. The van der Waals surface area contributed by atoms with Crippen LogP contribution in [0.5, 0.6) is 11.5 Å². The van der Waals surface area contributed by atoms with Crippen molar-refractivity contribution in [1.82, 2.24) is 14.5 Å². The predicted molar refractivity (Wildman–Crippen MR) is 99.2 cm³/mol. The summed E-state index contributed by atoms with van der Waals surface area (Å²) in [6, 6.07) is 3.25. The van der Waals surface area contributed by atoms with Crippen LogP contribution >= 0.6 is 11.3 Å². The highest BCUT2D eigenvalue weighted by molar-refractivity contribution is 7.13. The minimum absolute atomic E-state index is 0.138. The van der Waals surface area contributed by atoms with Crippen molar-refractivity contribution in [2.45, 2.75) is 19.9 Å². The van der Waals surface area contributed by atoms with Crippen LogP contribution in [0.25, 0.3) is 10.9 Å². The van der Waals surface area contributed by atoms with E-state index in [0.717, 1.165) is 5.69 Å². The summed E-state index contributed by atoms with van der Waals surface area (Å²) in [6.45, 7) is 2.07. The summed E-state index contributed by atoms with van der Waals surface area (Å²) < 4.78 is 11.9. The number of anilines is 1. The van der Waals surface area contributed by atoms with E-state index >= 15 is 0 Å². The number of aromatic nitrogens is 3. The summed E-state index contributed by atoms with van der Waals surface area (Å²) in [7, 11) is 3.02. The normalized spacial score (nSPS) is 10.7. The summed E-state index contributed by atoms with van der Waals surface area (Å²) in [5.41, 5.74) is 1.12. The van der Waals surface area contributed by atoms with Gasteiger partial charge in [-0.25, -0.2) is 9.97 Å². The largest absolute Gasteiger partial charge is 0.493 e. The zero-order valence-electron chi connectivity index (χ0n) is 14.6. The fourth-order valence-corrected chi connectivity index (χ4v) is 3.16. The van der Waals surface area contributed by atoms with Crippen LogP contribution in [-0.2, 0) is 11.3 Å². The second-order valence-corrected chi connectivity index (χ2v) is 6.42. The minimum atomic E-state index is -0.242. The van der Waals surface area contributed by atoms with Crippen LogP contribution in [0.1, 0.15) is 12.1 Å². The van der Waals surface area contributed by atoms with Gasteiger partial charge in [-0.2, -0.15) is 0 Å². The van der Waals surface area contributed by atoms with Crippen LogP contribution in [0.4, 0.5) is 5.13 Å². The molecular formula is C17H18N4O4S. The summed E-state index contributed by atoms with van der Waals surface area (Å²) in [5.74, 6) is 0.745. The van der Waals surface area contributed by atoms with Gasteiger partial charge >= 0.3 is 0 Å². The number of benzene rings is 1. The molecule has 1 amide bonds. The summed E-state index contributed by atoms with van der Waals surface area (Å²) in [4.78, 5) is 33.1. The third-order valence-corrected chi connectivity index (χ3v) is 4.65. The van der Waals surface area contributed by atoms with Crippen LogP contribution in [-0.4, -0.2) is 34.7 Å². The van der Waals surface area contributed by atoms with Crippen LogP contribution in [0.15, 0.2) is 28.6 Å². The molecule has 0 radical (unpaired) electrons. The first kappa shape index (κ1) is 17.9. The third kappa shape index (κ3) is 3.67. The number of fused-ring (bicyclic) bond motifs is 1. The lowest BCUT2D eigenvalue weighted by Crippen LogP contribution is -2.23. The summed E-state index contributed by atoms with van der Waals surface area (Å²) in [6.07, 6.45) is 1.57. The first-order valence-electron chi connectivity index (χ1n) is 7.85. The maximum Gasteiger partial charge on any atom is 0.261 e. The van der Waals surface area contributed by atoms with E-state index < -0.39 is 0 Å². The quantitative estimate of drug-likeness (QED) is 0.711. The van der Waals surface area contributed by atoms with Crippen molar-refractivity contribution in [2.24, 2.45) is 0 Å². The smallest absolute Gasteiger partial charge is 0.261 e. The Morgan fingerprint density at radius 2 is 2.00 bits per heavy atom. The number of amides is 1. The predicted octanol–water partition coefficient (Wildman–Crippen LogP) is 2.21. The Morgan fingerprint density at radius 3 is 2.65 bits per heavy atom. The van der Waals surface area contributed by atoms with Crippen molar-refractivity contribution in [3.05, 3.63) is 39.9 Å². The summed E-state index contributed by atoms with van der Waals surface area (Å²) >= 11 is 1.36. The monoisotopic (exact) mass is 374 g/mol. The van der Waals surface area contributed by atoms with Crippen LogP contribution < -0.4 is 20.3 Å². The van der Waals surface area contributed by atoms with Gasteiger partial charge in [0.25, 0.3) is 5.56 Å². The summed E-state index contributed by atoms with van der Waals surface area (Å²) in [5, 5.41) is 5.53. The van der Waals surface area contributed by atoms with E-state index in [1.807, 2.05) is 12.3 Å². The Labute approximate surface area is 153 Å². The van der Waals surface area contributed by atoms with Gasteiger partial charge < -0.3 is 14.8 Å². The molecule has 0 aliphatic heterocycles. The minimum Gasteiger partial charge on any atom is -0.493 e. The highest BCUT2D eigenvalue weighted by Gasteiger charge is 2.12. The first-order valence-corrected chi connectivity index (χ1v) is 8.73. The average molecular weight is 374 g/mol. The molecule has 1 aromatic carbocycles. The van der Waals surface area contributed by atoms with Gasteiger partial charge in [0.15, 0.2) is 16.6 Å². The number of hydrogen-bond donors (Lipinski definition) is 1. The Hall–Kier alpha value is -2.94. The topological polar surface area (TPSA) is 95.3 Å². The number of methoxy groups -OCH3 is 2. The number of thiazole rings is 1. The Bertz CT molecular complexity index is 1010. The van der Waals surface area contributed by atoms with Crippen LogP contribution in [0.2, 0.25) is 0 Å². The number of nitrogens with zero attached hydrogens (tertiary/aromatic N) is 3. The SMILES string of the molecule is COc1cc2ncn(CCC(=O)Nc3nc(C)cs3)c(=O)c2cc1OC. The fourth-order valence-electron chi connectivity index (χ4n) is 2.46. The number of rotatable bonds is 6. The van der Waals surface area contributed by atoms with E-state index in [-0.39, 0.29) is 24.4 Å². The highest BCUT2D eigenvalue weighted by Crippen LogP contribution is 2.29. The standard InChI is InChI=1S/C17H18N4O4S/c1-10-8-26-17(19-10)20-15(22)4-5-21-9-18-12-7-14(25-3)13(24-2)6-11(12)16(21)23/h6-9H,4-5H2,1-3H3,(H,19,20,22). The van der Waals surface area contributed by atoms with Gasteiger partial charge in [-0.3, -0.25) is 14.2 Å². The number of hydrogen-bond acceptors (Lipinski definition) is 7. The maximum atomic E-state index is 12.7. The molecular weight excluding hydrogens is 356 g/mol. The molecule has 136 valence electrons. The lowest BCUT2D eigenvalue weighted by Gasteiger charge is -2.10. The molecule has 2 heterocycles. The van der Waals surface area contributed by atoms with Crippen molar-refractivity contribution in [1.29, 1.82) is 0 Å². The molecule has 3 aromatic rings. The van der Waals surface area contributed by atoms with Gasteiger partial charge in [-0.05, 0) is 13.0 Å². The molecule has 9 heteroatoms. The molecule has 0 atom stereocenters. The third-order valence-electron chi connectivity index (χ3n) is 3.77. The first-order chi connectivity index (χ1) is 12.5. The van der Waals surface area contributed by atoms with Gasteiger partial charge in [0.2, 0.25) is 5.91 Å². The average Bonchev–Trinajstić information content (AvgIpc) is 3.04. The number of carbonyl (C=O) groups is 1. The molecule has 0 fully saturated rings. The molecule has 8 nitrogen and oxygen atoms in total. The van der Waals surface area contributed by atoms with Gasteiger partial charge in [0.1, 0.15) is 0 Å². The maximum absolute atomic E-state index is 12.7. The van der Waals surface area contributed by atoms with Crippen molar-refractivity contribution in [2.75, 3.05) is 19.5 Å². The van der Waals surface area contributed by atoms with Crippen molar-refractivity contribution >= 4 is 33.3 Å². The molecule has 0 aliphatic rings. The zero-order chi connectivity index (χ0) is 18.7. The highest BCUT2D eigenvalue weighted by atomic mass is 32.1. The molecule has 0 saturated carbocycles. The van der Waals surface area contributed by atoms with E-state index in [0.29, 0.717) is 27.5 Å². The fraction of sp³-hybridized carbons (Fsp3) is 0.294. The zero-order valence-corrected chi connectivity index (χ0v) is 15.4. The lowest BCUT2D eigenvalue weighted by atomic mass is 10.2. The number of aryl methyl sites for hydroxylation is 2. The van der Waals surface area contributed by atoms with Gasteiger partial charge in [-0.1, -0.05) is 0 Å². The Morgan fingerprint density at radius 1 is 1.27 bits per heavy atom. The molecule has 26 heavy (non-hydrogen) atoms. The molecule has 0 spiro atoms.